The fourth-order valence-electron chi connectivity index (χ4n) is 2.45. The van der Waals surface area contributed by atoms with Crippen molar-refractivity contribution in [2.24, 2.45) is 7.05 Å². The van der Waals surface area contributed by atoms with Crippen molar-refractivity contribution in [1.82, 2.24) is 9.88 Å². The number of rotatable bonds is 3. The van der Waals surface area contributed by atoms with Crippen LogP contribution in [0.2, 0.25) is 0 Å². The van der Waals surface area contributed by atoms with E-state index < -0.39 is 0 Å². The van der Waals surface area contributed by atoms with Gasteiger partial charge in [0.25, 0.3) is 0 Å². The van der Waals surface area contributed by atoms with E-state index in [1.165, 1.54) is 30.9 Å². The second-order valence-corrected chi connectivity index (χ2v) is 4.94. The molecule has 0 bridgehead atoms. The second-order valence-electron chi connectivity index (χ2n) is 4.94. The van der Waals surface area contributed by atoms with Crippen LogP contribution >= 0.6 is 0 Å². The minimum Gasteiger partial charge on any atom is -0.350 e. The van der Waals surface area contributed by atoms with Crippen molar-refractivity contribution < 1.29 is 4.39 Å². The molecule has 1 aliphatic carbocycles. The molecule has 90 valence electrons. The van der Waals surface area contributed by atoms with Crippen LogP contribution in [0.15, 0.2) is 24.4 Å². The fraction of sp³-hybridized carbons (Fsp3) is 0.429. The molecule has 0 spiro atoms. The summed E-state index contributed by atoms with van der Waals surface area (Å²) in [5.74, 6) is -0.159. The van der Waals surface area contributed by atoms with Gasteiger partial charge in [0.05, 0.1) is 0 Å². The summed E-state index contributed by atoms with van der Waals surface area (Å²) in [7, 11) is 2.01. The summed E-state index contributed by atoms with van der Waals surface area (Å²) >= 11 is 0. The van der Waals surface area contributed by atoms with Crippen LogP contribution in [0.3, 0.4) is 0 Å². The summed E-state index contributed by atoms with van der Waals surface area (Å²) in [6, 6.07) is 5.66. The van der Waals surface area contributed by atoms with Gasteiger partial charge in [-0.05, 0) is 36.6 Å². The number of aromatic nitrogens is 1. The van der Waals surface area contributed by atoms with Crippen LogP contribution < -0.4 is 5.32 Å². The van der Waals surface area contributed by atoms with Crippen LogP contribution in [0.25, 0.3) is 10.9 Å². The zero-order chi connectivity index (χ0) is 11.8. The van der Waals surface area contributed by atoms with Crippen LogP contribution in [-0.4, -0.2) is 10.6 Å². The van der Waals surface area contributed by atoms with Gasteiger partial charge in [-0.15, -0.1) is 0 Å². The first kappa shape index (κ1) is 10.8. The molecule has 1 heterocycles. The lowest BCUT2D eigenvalue weighted by molar-refractivity contribution is 0.338. The molecule has 1 aromatic heterocycles. The fourth-order valence-corrected chi connectivity index (χ4v) is 2.45. The molecule has 1 N–H and O–H groups in total. The van der Waals surface area contributed by atoms with Gasteiger partial charge in [0, 0.05) is 36.7 Å². The van der Waals surface area contributed by atoms with Gasteiger partial charge in [-0.1, -0.05) is 6.42 Å². The first-order valence-corrected chi connectivity index (χ1v) is 6.21. The smallest absolute Gasteiger partial charge is 0.123 e. The summed E-state index contributed by atoms with van der Waals surface area (Å²) in [6.07, 6.45) is 5.98. The Morgan fingerprint density at radius 1 is 1.41 bits per heavy atom. The largest absolute Gasteiger partial charge is 0.350 e. The monoisotopic (exact) mass is 232 g/mol. The maximum Gasteiger partial charge on any atom is 0.123 e. The molecule has 1 fully saturated rings. The van der Waals surface area contributed by atoms with Gasteiger partial charge in [-0.3, -0.25) is 0 Å². The Kier molecular flexibility index (Phi) is 2.63. The van der Waals surface area contributed by atoms with Crippen LogP contribution in [0.4, 0.5) is 4.39 Å². The van der Waals surface area contributed by atoms with Gasteiger partial charge >= 0.3 is 0 Å². The van der Waals surface area contributed by atoms with Gasteiger partial charge in [0.2, 0.25) is 0 Å². The van der Waals surface area contributed by atoms with Crippen molar-refractivity contribution in [3.8, 4) is 0 Å². The minimum absolute atomic E-state index is 0.159. The van der Waals surface area contributed by atoms with Crippen molar-refractivity contribution in [1.29, 1.82) is 0 Å². The molecule has 3 heteroatoms. The highest BCUT2D eigenvalue weighted by molar-refractivity contribution is 5.83. The molecule has 0 unspecified atom stereocenters. The lowest BCUT2D eigenvalue weighted by atomic mass is 9.93. The third-order valence-electron chi connectivity index (χ3n) is 3.72. The highest BCUT2D eigenvalue weighted by Gasteiger charge is 2.17. The Labute approximate surface area is 100 Å². The number of benzene rings is 1. The molecule has 0 aliphatic heterocycles. The van der Waals surface area contributed by atoms with Crippen LogP contribution in [0.1, 0.15) is 24.8 Å². The predicted octanol–water partition coefficient (Wildman–Crippen LogP) is 2.96. The molecule has 0 radical (unpaired) electrons. The molecule has 17 heavy (non-hydrogen) atoms. The molecule has 1 aromatic carbocycles. The topological polar surface area (TPSA) is 17.0 Å². The molecule has 1 saturated carbocycles. The highest BCUT2D eigenvalue weighted by atomic mass is 19.1. The standard InChI is InChI=1S/C14H17FN2/c1-17-9-10(8-16-12-3-2-4-12)13-7-11(15)5-6-14(13)17/h5-7,9,12,16H,2-4,8H2,1H3. The van der Waals surface area contributed by atoms with Gasteiger partial charge < -0.3 is 9.88 Å². The van der Waals surface area contributed by atoms with Gasteiger partial charge in [0.15, 0.2) is 0 Å². The Bertz CT molecular complexity index is 540. The summed E-state index contributed by atoms with van der Waals surface area (Å²) in [5.41, 5.74) is 2.28. The lowest BCUT2D eigenvalue weighted by Gasteiger charge is -2.26. The first-order chi connectivity index (χ1) is 8.24. The van der Waals surface area contributed by atoms with E-state index in [0.29, 0.717) is 6.04 Å². The zero-order valence-electron chi connectivity index (χ0n) is 10.0. The number of halogens is 1. The van der Waals surface area contributed by atoms with E-state index in [4.69, 9.17) is 0 Å². The quantitative estimate of drug-likeness (QED) is 0.861. The van der Waals surface area contributed by atoms with E-state index in [0.717, 1.165) is 17.4 Å². The second kappa shape index (κ2) is 4.15. The first-order valence-electron chi connectivity index (χ1n) is 6.21. The van der Waals surface area contributed by atoms with E-state index in [2.05, 4.69) is 16.1 Å². The molecular weight excluding hydrogens is 215 g/mol. The third kappa shape index (κ3) is 1.95. The molecule has 3 rings (SSSR count). The number of aryl methyl sites for hydroxylation is 1. The Morgan fingerprint density at radius 2 is 2.24 bits per heavy atom. The van der Waals surface area contributed by atoms with Crippen LogP contribution in [0, 0.1) is 5.82 Å². The summed E-state index contributed by atoms with van der Waals surface area (Å²) in [5, 5.41) is 4.55. The molecule has 2 nitrogen and oxygen atoms in total. The van der Waals surface area contributed by atoms with E-state index in [-0.39, 0.29) is 5.82 Å². The van der Waals surface area contributed by atoms with Gasteiger partial charge in [0.1, 0.15) is 5.82 Å². The molecular formula is C14H17FN2. The normalized spacial score (nSPS) is 16.4. The maximum atomic E-state index is 13.3. The molecule has 0 amide bonds. The number of nitrogens with one attached hydrogen (secondary N) is 1. The van der Waals surface area contributed by atoms with Crippen molar-refractivity contribution in [3.63, 3.8) is 0 Å². The maximum absolute atomic E-state index is 13.3. The minimum atomic E-state index is -0.159. The van der Waals surface area contributed by atoms with Crippen LogP contribution in [0.5, 0.6) is 0 Å². The molecule has 2 aromatic rings. The number of fused-ring (bicyclic) bond motifs is 1. The Morgan fingerprint density at radius 3 is 2.94 bits per heavy atom. The van der Waals surface area contributed by atoms with E-state index in [1.54, 1.807) is 6.07 Å². The summed E-state index contributed by atoms with van der Waals surface area (Å²) in [6.45, 7) is 0.839. The van der Waals surface area contributed by atoms with Crippen molar-refractivity contribution in [2.45, 2.75) is 31.8 Å². The van der Waals surface area contributed by atoms with Crippen molar-refractivity contribution in [2.75, 3.05) is 0 Å². The third-order valence-corrected chi connectivity index (χ3v) is 3.72. The lowest BCUT2D eigenvalue weighted by Crippen LogP contribution is -2.34. The van der Waals surface area contributed by atoms with Crippen LogP contribution in [-0.2, 0) is 13.6 Å². The Balaban J connectivity index is 1.89. The zero-order valence-corrected chi connectivity index (χ0v) is 10.0. The van der Waals surface area contributed by atoms with Crippen molar-refractivity contribution in [3.05, 3.63) is 35.8 Å². The van der Waals surface area contributed by atoms with E-state index in [1.807, 2.05) is 13.1 Å². The average molecular weight is 232 g/mol. The summed E-state index contributed by atoms with van der Waals surface area (Å²) < 4.78 is 15.3. The number of hydrogen-bond donors (Lipinski definition) is 1. The predicted molar refractivity (Wildman–Crippen MR) is 67.4 cm³/mol. The van der Waals surface area contributed by atoms with E-state index >= 15 is 0 Å². The van der Waals surface area contributed by atoms with E-state index in [9.17, 15) is 4.39 Å². The average Bonchev–Trinajstić information content (AvgIpc) is 2.53. The number of nitrogens with zero attached hydrogens (tertiary/aromatic N) is 1. The highest BCUT2D eigenvalue weighted by Crippen LogP contribution is 2.23. The van der Waals surface area contributed by atoms with Crippen molar-refractivity contribution >= 4 is 10.9 Å². The van der Waals surface area contributed by atoms with Gasteiger partial charge in [-0.25, -0.2) is 4.39 Å². The SMILES string of the molecule is Cn1cc(CNC2CCC2)c2cc(F)ccc21. The Hall–Kier alpha value is -1.35. The summed E-state index contributed by atoms with van der Waals surface area (Å²) in [4.78, 5) is 0. The molecule has 0 saturated heterocycles. The number of hydrogen-bond acceptors (Lipinski definition) is 1. The van der Waals surface area contributed by atoms with Gasteiger partial charge in [-0.2, -0.15) is 0 Å². The molecule has 0 atom stereocenters. The molecule has 1 aliphatic rings.